The van der Waals surface area contributed by atoms with Crippen molar-refractivity contribution in [1.29, 1.82) is 0 Å². The van der Waals surface area contributed by atoms with Crippen LogP contribution < -0.4 is 5.32 Å². The summed E-state index contributed by atoms with van der Waals surface area (Å²) in [4.78, 5) is 18.4. The van der Waals surface area contributed by atoms with Gasteiger partial charge in [-0.15, -0.1) is 11.3 Å². The average molecular weight is 326 g/mol. The standard InChI is InChI=1S/C17H18N4OS/c1-17(2)7-6-12-14(9-17)23-16(19-12)20-15(22)11-10-18-21-8-4-3-5-13(11)21/h3-5,8,10H,6-7,9H2,1-2H3,(H,19,20,22). The molecule has 118 valence electrons. The van der Waals surface area contributed by atoms with Crippen molar-refractivity contribution < 1.29 is 4.79 Å². The van der Waals surface area contributed by atoms with Gasteiger partial charge in [0.25, 0.3) is 5.91 Å². The summed E-state index contributed by atoms with van der Waals surface area (Å²) in [5.41, 5.74) is 2.83. The van der Waals surface area contributed by atoms with E-state index in [1.54, 1.807) is 22.0 Å². The first-order valence-corrected chi connectivity index (χ1v) is 8.56. The second-order valence-corrected chi connectivity index (χ2v) is 7.86. The first kappa shape index (κ1) is 14.4. The smallest absolute Gasteiger partial charge is 0.261 e. The van der Waals surface area contributed by atoms with Crippen LogP contribution in [0.25, 0.3) is 5.52 Å². The summed E-state index contributed by atoms with van der Waals surface area (Å²) in [5.74, 6) is -0.156. The van der Waals surface area contributed by atoms with Gasteiger partial charge in [0.2, 0.25) is 0 Å². The fraction of sp³-hybridized carbons (Fsp3) is 0.353. The van der Waals surface area contributed by atoms with Crippen LogP contribution in [0.2, 0.25) is 0 Å². The SMILES string of the molecule is CC1(C)CCc2nc(NC(=O)c3cnn4ccccc34)sc2C1. The number of carbonyl (C=O) groups is 1. The minimum absolute atomic E-state index is 0.156. The van der Waals surface area contributed by atoms with Crippen LogP contribution in [-0.4, -0.2) is 20.5 Å². The molecule has 0 aliphatic heterocycles. The molecular weight excluding hydrogens is 308 g/mol. The fourth-order valence-corrected chi connectivity index (χ4v) is 4.29. The molecule has 6 heteroatoms. The molecule has 0 fully saturated rings. The first-order chi connectivity index (χ1) is 11.0. The second-order valence-electron chi connectivity index (χ2n) is 6.77. The molecule has 0 spiro atoms. The third-order valence-corrected chi connectivity index (χ3v) is 5.36. The zero-order valence-corrected chi connectivity index (χ0v) is 14.0. The van der Waals surface area contributed by atoms with E-state index in [0.717, 1.165) is 30.5 Å². The van der Waals surface area contributed by atoms with Gasteiger partial charge in [-0.3, -0.25) is 10.1 Å². The Morgan fingerprint density at radius 2 is 2.26 bits per heavy atom. The summed E-state index contributed by atoms with van der Waals surface area (Å²) in [5, 5.41) is 7.83. The molecular formula is C17H18N4OS. The number of hydrogen-bond donors (Lipinski definition) is 1. The fourth-order valence-electron chi connectivity index (χ4n) is 3.02. The lowest BCUT2D eigenvalue weighted by molar-refractivity contribution is 0.102. The Morgan fingerprint density at radius 1 is 1.39 bits per heavy atom. The van der Waals surface area contributed by atoms with Gasteiger partial charge in [-0.1, -0.05) is 19.9 Å². The van der Waals surface area contributed by atoms with Gasteiger partial charge in [-0.05, 0) is 36.8 Å². The van der Waals surface area contributed by atoms with E-state index in [0.29, 0.717) is 16.1 Å². The molecule has 0 saturated heterocycles. The molecule has 0 aromatic carbocycles. The molecule has 0 saturated carbocycles. The van der Waals surface area contributed by atoms with E-state index in [9.17, 15) is 4.79 Å². The minimum atomic E-state index is -0.156. The maximum atomic E-state index is 12.5. The second kappa shape index (κ2) is 5.16. The highest BCUT2D eigenvalue weighted by Crippen LogP contribution is 2.38. The quantitative estimate of drug-likeness (QED) is 0.783. The van der Waals surface area contributed by atoms with Crippen LogP contribution >= 0.6 is 11.3 Å². The van der Waals surface area contributed by atoms with Gasteiger partial charge in [0.05, 0.1) is 23.0 Å². The number of nitrogens with zero attached hydrogens (tertiary/aromatic N) is 3. The van der Waals surface area contributed by atoms with Gasteiger partial charge in [-0.2, -0.15) is 5.10 Å². The highest BCUT2D eigenvalue weighted by molar-refractivity contribution is 7.15. The number of rotatable bonds is 2. The van der Waals surface area contributed by atoms with E-state index in [4.69, 9.17) is 0 Å². The third-order valence-electron chi connectivity index (χ3n) is 4.35. The predicted molar refractivity (Wildman–Crippen MR) is 91.1 cm³/mol. The number of pyridine rings is 1. The largest absolute Gasteiger partial charge is 0.298 e. The highest BCUT2D eigenvalue weighted by Gasteiger charge is 2.28. The maximum absolute atomic E-state index is 12.5. The lowest BCUT2D eigenvalue weighted by Gasteiger charge is -2.28. The average Bonchev–Trinajstić information content (AvgIpc) is 3.09. The van der Waals surface area contributed by atoms with Crippen LogP contribution in [0.5, 0.6) is 0 Å². The predicted octanol–water partition coefficient (Wildman–Crippen LogP) is 3.56. The molecule has 1 amide bonds. The topological polar surface area (TPSA) is 59.3 Å². The number of fused-ring (bicyclic) bond motifs is 2. The van der Waals surface area contributed by atoms with Gasteiger partial charge in [0.1, 0.15) is 0 Å². The summed E-state index contributed by atoms with van der Waals surface area (Å²) in [7, 11) is 0. The Labute approximate surface area is 138 Å². The Kier molecular flexibility index (Phi) is 3.23. The number of amides is 1. The van der Waals surface area contributed by atoms with Gasteiger partial charge in [0, 0.05) is 11.1 Å². The lowest BCUT2D eigenvalue weighted by atomic mass is 9.79. The minimum Gasteiger partial charge on any atom is -0.298 e. The van der Waals surface area contributed by atoms with Crippen molar-refractivity contribution in [2.45, 2.75) is 33.1 Å². The highest BCUT2D eigenvalue weighted by atomic mass is 32.1. The molecule has 0 unspecified atom stereocenters. The molecule has 1 N–H and O–H groups in total. The molecule has 1 aliphatic rings. The van der Waals surface area contributed by atoms with Crippen molar-refractivity contribution >= 4 is 27.9 Å². The van der Waals surface area contributed by atoms with Crippen LogP contribution in [-0.2, 0) is 12.8 Å². The van der Waals surface area contributed by atoms with Crippen LogP contribution in [0.1, 0.15) is 41.2 Å². The Bertz CT molecular complexity index is 893. The van der Waals surface area contributed by atoms with Crippen molar-refractivity contribution in [3.63, 3.8) is 0 Å². The number of thiazole rings is 1. The van der Waals surface area contributed by atoms with Gasteiger partial charge < -0.3 is 0 Å². The Morgan fingerprint density at radius 3 is 3.13 bits per heavy atom. The summed E-state index contributed by atoms with van der Waals surface area (Å²) in [6.45, 7) is 4.57. The summed E-state index contributed by atoms with van der Waals surface area (Å²) in [6, 6.07) is 5.67. The summed E-state index contributed by atoms with van der Waals surface area (Å²) in [6.07, 6.45) is 6.60. The first-order valence-electron chi connectivity index (χ1n) is 7.74. The van der Waals surface area contributed by atoms with E-state index in [1.165, 1.54) is 4.88 Å². The number of nitrogens with one attached hydrogen (secondary N) is 1. The number of aromatic nitrogens is 3. The Balaban J connectivity index is 1.59. The van der Waals surface area contributed by atoms with Crippen molar-refractivity contribution in [1.82, 2.24) is 14.6 Å². The third kappa shape index (κ3) is 2.63. The van der Waals surface area contributed by atoms with E-state index in [2.05, 4.69) is 29.2 Å². The van der Waals surface area contributed by atoms with Gasteiger partial charge >= 0.3 is 0 Å². The normalized spacial score (nSPS) is 16.3. The van der Waals surface area contributed by atoms with Crippen LogP contribution in [0.4, 0.5) is 5.13 Å². The number of anilines is 1. The monoisotopic (exact) mass is 326 g/mol. The molecule has 4 rings (SSSR count). The maximum Gasteiger partial charge on any atom is 0.261 e. The van der Waals surface area contributed by atoms with Crippen molar-refractivity contribution in [2.75, 3.05) is 5.32 Å². The molecule has 3 aromatic heterocycles. The van der Waals surface area contributed by atoms with E-state index in [1.807, 2.05) is 24.4 Å². The van der Waals surface area contributed by atoms with Gasteiger partial charge in [0.15, 0.2) is 5.13 Å². The number of aryl methyl sites for hydroxylation is 1. The molecule has 3 heterocycles. The van der Waals surface area contributed by atoms with Crippen LogP contribution in [0.15, 0.2) is 30.6 Å². The summed E-state index contributed by atoms with van der Waals surface area (Å²) < 4.78 is 1.70. The van der Waals surface area contributed by atoms with Crippen molar-refractivity contribution in [3.05, 3.63) is 46.7 Å². The lowest BCUT2D eigenvalue weighted by Crippen LogP contribution is -2.20. The Hall–Kier alpha value is -2.21. The van der Waals surface area contributed by atoms with E-state index >= 15 is 0 Å². The zero-order valence-electron chi connectivity index (χ0n) is 13.2. The number of carbonyl (C=O) groups excluding carboxylic acids is 1. The zero-order chi connectivity index (χ0) is 16.0. The molecule has 5 nitrogen and oxygen atoms in total. The molecule has 0 radical (unpaired) electrons. The molecule has 1 aliphatic carbocycles. The van der Waals surface area contributed by atoms with E-state index < -0.39 is 0 Å². The van der Waals surface area contributed by atoms with Gasteiger partial charge in [-0.25, -0.2) is 9.50 Å². The molecule has 23 heavy (non-hydrogen) atoms. The van der Waals surface area contributed by atoms with Crippen molar-refractivity contribution in [3.8, 4) is 0 Å². The molecule has 0 bridgehead atoms. The summed E-state index contributed by atoms with van der Waals surface area (Å²) >= 11 is 1.60. The van der Waals surface area contributed by atoms with E-state index in [-0.39, 0.29) is 5.91 Å². The molecule has 0 atom stereocenters. The van der Waals surface area contributed by atoms with Crippen LogP contribution in [0.3, 0.4) is 0 Å². The molecule has 3 aromatic rings. The van der Waals surface area contributed by atoms with Crippen LogP contribution in [0, 0.1) is 5.41 Å². The van der Waals surface area contributed by atoms with Crippen molar-refractivity contribution in [2.24, 2.45) is 5.41 Å². The number of hydrogen-bond acceptors (Lipinski definition) is 4.